The number of ether oxygens (including phenoxy) is 1. The van der Waals surface area contributed by atoms with E-state index in [4.69, 9.17) is 4.74 Å². The lowest BCUT2D eigenvalue weighted by molar-refractivity contribution is 0.336. The van der Waals surface area contributed by atoms with Gasteiger partial charge in [0.2, 0.25) is 0 Å². The molecule has 3 heteroatoms. The van der Waals surface area contributed by atoms with Gasteiger partial charge in [0.05, 0.1) is 7.11 Å². The van der Waals surface area contributed by atoms with Gasteiger partial charge < -0.3 is 15.0 Å². The molecule has 1 aromatic carbocycles. The van der Waals surface area contributed by atoms with Gasteiger partial charge in [0.25, 0.3) is 0 Å². The van der Waals surface area contributed by atoms with Crippen molar-refractivity contribution in [2.45, 2.75) is 20.3 Å². The van der Waals surface area contributed by atoms with Crippen LogP contribution in [0, 0.1) is 13.8 Å². The van der Waals surface area contributed by atoms with E-state index in [0.29, 0.717) is 0 Å². The van der Waals surface area contributed by atoms with Crippen molar-refractivity contribution in [3.05, 3.63) is 28.8 Å². The summed E-state index contributed by atoms with van der Waals surface area (Å²) in [6, 6.07) is 4.39. The smallest absolute Gasteiger partial charge is 0.122 e. The van der Waals surface area contributed by atoms with Crippen LogP contribution in [-0.2, 0) is 6.42 Å². The molecule has 0 aliphatic carbocycles. The number of aryl methyl sites for hydroxylation is 2. The number of rotatable bonds is 7. The van der Waals surface area contributed by atoms with Gasteiger partial charge in [-0.15, -0.1) is 0 Å². The van der Waals surface area contributed by atoms with Gasteiger partial charge in [-0.25, -0.2) is 0 Å². The maximum atomic E-state index is 5.46. The van der Waals surface area contributed by atoms with E-state index < -0.39 is 0 Å². The molecule has 0 bridgehead atoms. The first-order chi connectivity index (χ1) is 8.58. The van der Waals surface area contributed by atoms with Crippen molar-refractivity contribution in [1.82, 2.24) is 10.2 Å². The third-order valence-electron chi connectivity index (χ3n) is 3.40. The molecule has 1 N–H and O–H groups in total. The average Bonchev–Trinajstić information content (AvgIpc) is 2.37. The lowest BCUT2D eigenvalue weighted by Gasteiger charge is -2.18. The fourth-order valence-electron chi connectivity index (χ4n) is 1.96. The highest BCUT2D eigenvalue weighted by Crippen LogP contribution is 2.23. The lowest BCUT2D eigenvalue weighted by Crippen LogP contribution is -2.29. The SMILES string of the molecule is CNCCN(C)CCc1cc(C)c(C)cc1OC. The second kappa shape index (κ2) is 7.39. The largest absolute Gasteiger partial charge is 0.496 e. The molecule has 0 heterocycles. The molecule has 0 unspecified atom stereocenters. The first-order valence-corrected chi connectivity index (χ1v) is 6.55. The highest BCUT2D eigenvalue weighted by molar-refractivity contribution is 5.41. The molecule has 0 aliphatic heterocycles. The number of likely N-dealkylation sites (N-methyl/N-ethyl adjacent to an activating group) is 2. The molecule has 0 spiro atoms. The Morgan fingerprint density at radius 2 is 1.83 bits per heavy atom. The molecule has 3 nitrogen and oxygen atoms in total. The van der Waals surface area contributed by atoms with Crippen LogP contribution in [0.5, 0.6) is 5.75 Å². The number of benzene rings is 1. The van der Waals surface area contributed by atoms with Gasteiger partial charge in [0, 0.05) is 19.6 Å². The minimum Gasteiger partial charge on any atom is -0.496 e. The van der Waals surface area contributed by atoms with E-state index in [0.717, 1.165) is 31.8 Å². The molecule has 0 fully saturated rings. The van der Waals surface area contributed by atoms with Gasteiger partial charge in [-0.1, -0.05) is 6.07 Å². The fraction of sp³-hybridized carbons (Fsp3) is 0.600. The Hall–Kier alpha value is -1.06. The third-order valence-corrected chi connectivity index (χ3v) is 3.40. The average molecular weight is 250 g/mol. The summed E-state index contributed by atoms with van der Waals surface area (Å²) in [5, 5.41) is 3.17. The minimum absolute atomic E-state index is 1.01. The summed E-state index contributed by atoms with van der Waals surface area (Å²) in [7, 11) is 5.89. The molecule has 1 aromatic rings. The maximum absolute atomic E-state index is 5.46. The predicted octanol–water partition coefficient (Wildman–Crippen LogP) is 2.01. The molecule has 18 heavy (non-hydrogen) atoms. The van der Waals surface area contributed by atoms with Crippen molar-refractivity contribution in [2.24, 2.45) is 0 Å². The van der Waals surface area contributed by atoms with Crippen LogP contribution >= 0.6 is 0 Å². The minimum atomic E-state index is 1.01. The van der Waals surface area contributed by atoms with Crippen molar-refractivity contribution in [3.63, 3.8) is 0 Å². The zero-order valence-electron chi connectivity index (χ0n) is 12.3. The van der Waals surface area contributed by atoms with E-state index in [-0.39, 0.29) is 0 Å². The Morgan fingerprint density at radius 1 is 1.17 bits per heavy atom. The van der Waals surface area contributed by atoms with E-state index in [1.807, 2.05) is 7.05 Å². The first-order valence-electron chi connectivity index (χ1n) is 6.55. The topological polar surface area (TPSA) is 24.5 Å². The summed E-state index contributed by atoms with van der Waals surface area (Å²) < 4.78 is 5.46. The van der Waals surface area contributed by atoms with E-state index >= 15 is 0 Å². The molecule has 0 aromatic heterocycles. The molecule has 0 amide bonds. The van der Waals surface area contributed by atoms with E-state index in [2.05, 4.69) is 43.2 Å². The second-order valence-electron chi connectivity index (χ2n) is 4.91. The summed E-state index contributed by atoms with van der Waals surface area (Å²) in [5.41, 5.74) is 3.93. The third kappa shape index (κ3) is 4.31. The molecule has 0 saturated carbocycles. The number of hydrogen-bond acceptors (Lipinski definition) is 3. The van der Waals surface area contributed by atoms with Crippen LogP contribution in [0.4, 0.5) is 0 Å². The second-order valence-corrected chi connectivity index (χ2v) is 4.91. The monoisotopic (exact) mass is 250 g/mol. The molecule has 0 radical (unpaired) electrons. The first kappa shape index (κ1) is 15.0. The van der Waals surface area contributed by atoms with Gasteiger partial charge >= 0.3 is 0 Å². The van der Waals surface area contributed by atoms with Crippen LogP contribution in [0.25, 0.3) is 0 Å². The van der Waals surface area contributed by atoms with E-state index in [1.165, 1.54) is 16.7 Å². The summed E-state index contributed by atoms with van der Waals surface area (Å²) in [6.07, 6.45) is 1.03. The summed E-state index contributed by atoms with van der Waals surface area (Å²) in [5.74, 6) is 1.01. The fourth-order valence-corrected chi connectivity index (χ4v) is 1.96. The number of nitrogens with zero attached hydrogens (tertiary/aromatic N) is 1. The van der Waals surface area contributed by atoms with Gasteiger partial charge in [0.1, 0.15) is 5.75 Å². The van der Waals surface area contributed by atoms with Crippen LogP contribution in [0.15, 0.2) is 12.1 Å². The van der Waals surface area contributed by atoms with Gasteiger partial charge in [-0.2, -0.15) is 0 Å². The van der Waals surface area contributed by atoms with Crippen LogP contribution in [0.3, 0.4) is 0 Å². The normalized spacial score (nSPS) is 11.0. The Kier molecular flexibility index (Phi) is 6.16. The molecule has 0 aliphatic rings. The van der Waals surface area contributed by atoms with Crippen LogP contribution in [0.1, 0.15) is 16.7 Å². The Labute approximate surface area is 111 Å². The predicted molar refractivity (Wildman–Crippen MR) is 77.6 cm³/mol. The number of methoxy groups -OCH3 is 1. The van der Waals surface area contributed by atoms with E-state index in [1.54, 1.807) is 7.11 Å². The maximum Gasteiger partial charge on any atom is 0.122 e. The zero-order valence-corrected chi connectivity index (χ0v) is 12.3. The molecule has 0 saturated heterocycles. The highest BCUT2D eigenvalue weighted by Gasteiger charge is 2.07. The molecular formula is C15H26N2O. The van der Waals surface area contributed by atoms with Crippen LogP contribution < -0.4 is 10.1 Å². The Morgan fingerprint density at radius 3 is 2.44 bits per heavy atom. The van der Waals surface area contributed by atoms with Gasteiger partial charge in [0.15, 0.2) is 0 Å². The van der Waals surface area contributed by atoms with Crippen molar-refractivity contribution >= 4 is 0 Å². The highest BCUT2D eigenvalue weighted by atomic mass is 16.5. The molecule has 0 atom stereocenters. The quantitative estimate of drug-likeness (QED) is 0.801. The molecule has 1 rings (SSSR count). The van der Waals surface area contributed by atoms with Crippen molar-refractivity contribution in [2.75, 3.05) is 40.8 Å². The van der Waals surface area contributed by atoms with Crippen LogP contribution in [0.2, 0.25) is 0 Å². The standard InChI is InChI=1S/C15H26N2O/c1-12-10-14(15(18-5)11-13(12)2)6-8-17(4)9-7-16-3/h10-11,16H,6-9H2,1-5H3. The number of nitrogens with one attached hydrogen (secondary N) is 1. The van der Waals surface area contributed by atoms with Crippen LogP contribution in [-0.4, -0.2) is 45.7 Å². The lowest BCUT2D eigenvalue weighted by atomic mass is 10.0. The summed E-state index contributed by atoms with van der Waals surface area (Å²) in [4.78, 5) is 2.34. The van der Waals surface area contributed by atoms with Crippen molar-refractivity contribution in [3.8, 4) is 5.75 Å². The Bertz CT molecular complexity index is 377. The summed E-state index contributed by atoms with van der Waals surface area (Å²) in [6.45, 7) is 7.44. The van der Waals surface area contributed by atoms with E-state index in [9.17, 15) is 0 Å². The summed E-state index contributed by atoms with van der Waals surface area (Å²) >= 11 is 0. The van der Waals surface area contributed by atoms with Gasteiger partial charge in [-0.05, 0) is 57.1 Å². The molecular weight excluding hydrogens is 224 g/mol. The van der Waals surface area contributed by atoms with Crippen molar-refractivity contribution in [1.29, 1.82) is 0 Å². The molecule has 102 valence electrons. The van der Waals surface area contributed by atoms with Crippen molar-refractivity contribution < 1.29 is 4.74 Å². The van der Waals surface area contributed by atoms with Gasteiger partial charge in [-0.3, -0.25) is 0 Å². The number of hydrogen-bond donors (Lipinski definition) is 1. The zero-order chi connectivity index (χ0) is 13.5. The Balaban J connectivity index is 2.63.